The largest absolute Gasteiger partial charge is 0.313 e. The van der Waals surface area contributed by atoms with Crippen LogP contribution in [0.1, 0.15) is 39.5 Å². The first-order valence-corrected chi connectivity index (χ1v) is 7.53. The van der Waals surface area contributed by atoms with Crippen LogP contribution in [-0.2, 0) is 0 Å². The predicted octanol–water partition coefficient (Wildman–Crippen LogP) is 1.54. The number of hydrogen-bond acceptors (Lipinski definition) is 3. The summed E-state index contributed by atoms with van der Waals surface area (Å²) in [7, 11) is 0. The fourth-order valence-electron chi connectivity index (χ4n) is 2.87. The van der Waals surface area contributed by atoms with Crippen LogP contribution in [0, 0.1) is 0 Å². The highest BCUT2D eigenvalue weighted by Gasteiger charge is 2.30. The zero-order valence-electron chi connectivity index (χ0n) is 11.6. The highest BCUT2D eigenvalue weighted by atomic mass is 15.2. The summed E-state index contributed by atoms with van der Waals surface area (Å²) in [5, 5.41) is 3.63. The third-order valence-corrected chi connectivity index (χ3v) is 4.28. The number of rotatable bonds is 8. The Balaban J connectivity index is 1.72. The zero-order chi connectivity index (χ0) is 12.1. The lowest BCUT2D eigenvalue weighted by atomic mass is 10.2. The summed E-state index contributed by atoms with van der Waals surface area (Å²) in [5.74, 6) is 0. The molecule has 1 heterocycles. The van der Waals surface area contributed by atoms with Crippen molar-refractivity contribution in [1.82, 2.24) is 15.1 Å². The van der Waals surface area contributed by atoms with Gasteiger partial charge in [-0.2, -0.15) is 0 Å². The molecule has 1 saturated carbocycles. The van der Waals surface area contributed by atoms with Crippen LogP contribution in [0.5, 0.6) is 0 Å². The maximum Gasteiger partial charge on any atom is 0.0195 e. The van der Waals surface area contributed by atoms with Crippen molar-refractivity contribution in [2.24, 2.45) is 0 Å². The molecule has 0 amide bonds. The Morgan fingerprint density at radius 1 is 1.06 bits per heavy atom. The molecule has 2 aliphatic rings. The fraction of sp³-hybridized carbons (Fsp3) is 1.00. The van der Waals surface area contributed by atoms with Gasteiger partial charge in [-0.3, -0.25) is 4.90 Å². The smallest absolute Gasteiger partial charge is 0.0195 e. The Morgan fingerprint density at radius 3 is 2.35 bits per heavy atom. The Labute approximate surface area is 107 Å². The van der Waals surface area contributed by atoms with Crippen molar-refractivity contribution < 1.29 is 0 Å². The predicted molar refractivity (Wildman–Crippen MR) is 73.4 cm³/mol. The minimum atomic E-state index is 0.771. The first kappa shape index (κ1) is 13.3. The third kappa shape index (κ3) is 4.23. The number of nitrogens with zero attached hydrogens (tertiary/aromatic N) is 2. The van der Waals surface area contributed by atoms with Gasteiger partial charge in [-0.25, -0.2) is 0 Å². The summed E-state index contributed by atoms with van der Waals surface area (Å²) in [5.41, 5.74) is 0. The first-order chi connectivity index (χ1) is 8.33. The molecule has 1 saturated heterocycles. The molecular formula is C14H29N3. The van der Waals surface area contributed by atoms with Crippen LogP contribution < -0.4 is 5.32 Å². The van der Waals surface area contributed by atoms with E-state index in [1.54, 1.807) is 0 Å². The van der Waals surface area contributed by atoms with E-state index in [4.69, 9.17) is 0 Å². The van der Waals surface area contributed by atoms with Gasteiger partial charge in [0.15, 0.2) is 0 Å². The monoisotopic (exact) mass is 239 g/mol. The van der Waals surface area contributed by atoms with Gasteiger partial charge in [-0.1, -0.05) is 13.8 Å². The van der Waals surface area contributed by atoms with Crippen LogP contribution in [0.3, 0.4) is 0 Å². The maximum atomic E-state index is 3.63. The quantitative estimate of drug-likeness (QED) is 0.693. The van der Waals surface area contributed by atoms with Crippen molar-refractivity contribution in [3.8, 4) is 0 Å². The molecule has 17 heavy (non-hydrogen) atoms. The van der Waals surface area contributed by atoms with Gasteiger partial charge in [0.05, 0.1) is 0 Å². The number of likely N-dealkylation sites (N-methyl/N-ethyl adjacent to an activating group) is 1. The topological polar surface area (TPSA) is 18.5 Å². The Bertz CT molecular complexity index is 206. The second-order valence-electron chi connectivity index (χ2n) is 5.55. The summed E-state index contributed by atoms with van der Waals surface area (Å²) >= 11 is 0. The van der Waals surface area contributed by atoms with Crippen LogP contribution >= 0.6 is 0 Å². The Kier molecular flexibility index (Phi) is 5.26. The summed E-state index contributed by atoms with van der Waals surface area (Å²) in [6, 6.07) is 1.68. The van der Waals surface area contributed by atoms with Gasteiger partial charge in [-0.15, -0.1) is 0 Å². The molecule has 0 bridgehead atoms. The third-order valence-electron chi connectivity index (χ3n) is 4.28. The molecule has 0 aromatic heterocycles. The highest BCUT2D eigenvalue weighted by Crippen LogP contribution is 2.27. The molecule has 0 aromatic rings. The molecule has 2 rings (SSSR count). The van der Waals surface area contributed by atoms with Gasteiger partial charge >= 0.3 is 0 Å². The highest BCUT2D eigenvalue weighted by molar-refractivity contribution is 4.88. The van der Waals surface area contributed by atoms with E-state index in [0.717, 1.165) is 12.1 Å². The molecule has 3 nitrogen and oxygen atoms in total. The molecule has 0 radical (unpaired) electrons. The summed E-state index contributed by atoms with van der Waals surface area (Å²) < 4.78 is 0. The lowest BCUT2D eigenvalue weighted by molar-refractivity contribution is 0.194. The average molecular weight is 239 g/mol. The van der Waals surface area contributed by atoms with E-state index in [-0.39, 0.29) is 0 Å². The van der Waals surface area contributed by atoms with E-state index in [0.29, 0.717) is 0 Å². The molecule has 3 heteroatoms. The summed E-state index contributed by atoms with van der Waals surface area (Å²) in [6.07, 6.45) is 5.63. The van der Waals surface area contributed by atoms with E-state index >= 15 is 0 Å². The van der Waals surface area contributed by atoms with Crippen molar-refractivity contribution in [3.63, 3.8) is 0 Å². The molecule has 1 atom stereocenters. The lowest BCUT2D eigenvalue weighted by Gasteiger charge is -2.28. The van der Waals surface area contributed by atoms with Crippen LogP contribution in [0.4, 0.5) is 0 Å². The van der Waals surface area contributed by atoms with E-state index in [1.165, 1.54) is 65.0 Å². The summed E-state index contributed by atoms with van der Waals surface area (Å²) in [4.78, 5) is 5.28. The van der Waals surface area contributed by atoms with Crippen LogP contribution in [0.2, 0.25) is 0 Å². The second kappa shape index (κ2) is 6.72. The molecule has 1 N–H and O–H groups in total. The van der Waals surface area contributed by atoms with Crippen LogP contribution in [0.25, 0.3) is 0 Å². The molecule has 1 unspecified atom stereocenters. The van der Waals surface area contributed by atoms with Crippen molar-refractivity contribution in [1.29, 1.82) is 0 Å². The molecule has 0 aromatic carbocycles. The molecule has 0 spiro atoms. The first-order valence-electron chi connectivity index (χ1n) is 7.53. The normalized spacial score (nSPS) is 25.1. The molecule has 100 valence electrons. The van der Waals surface area contributed by atoms with Crippen LogP contribution in [-0.4, -0.2) is 61.2 Å². The minimum Gasteiger partial charge on any atom is -0.313 e. The lowest BCUT2D eigenvalue weighted by Crippen LogP contribution is -2.42. The van der Waals surface area contributed by atoms with E-state index in [2.05, 4.69) is 29.0 Å². The maximum absolute atomic E-state index is 3.63. The van der Waals surface area contributed by atoms with Crippen molar-refractivity contribution >= 4 is 0 Å². The van der Waals surface area contributed by atoms with Crippen molar-refractivity contribution in [3.05, 3.63) is 0 Å². The summed E-state index contributed by atoms with van der Waals surface area (Å²) in [6.45, 7) is 12.0. The number of nitrogens with one attached hydrogen (secondary N) is 1. The van der Waals surface area contributed by atoms with Gasteiger partial charge < -0.3 is 10.2 Å². The molecule has 1 aliphatic heterocycles. The van der Waals surface area contributed by atoms with Crippen molar-refractivity contribution in [2.75, 3.05) is 39.3 Å². The van der Waals surface area contributed by atoms with Gasteiger partial charge in [0, 0.05) is 31.7 Å². The van der Waals surface area contributed by atoms with Gasteiger partial charge in [-0.05, 0) is 45.3 Å². The van der Waals surface area contributed by atoms with Crippen molar-refractivity contribution in [2.45, 2.75) is 51.6 Å². The van der Waals surface area contributed by atoms with E-state index < -0.39 is 0 Å². The Hall–Kier alpha value is -0.120. The van der Waals surface area contributed by atoms with Gasteiger partial charge in [0.25, 0.3) is 0 Å². The number of hydrogen-bond donors (Lipinski definition) is 1. The molecule has 1 aliphatic carbocycles. The molecule has 2 fully saturated rings. The SMILES string of the molecule is CCN(CC)CCN(CC1CCCN1)C1CC1. The van der Waals surface area contributed by atoms with Crippen LogP contribution in [0.15, 0.2) is 0 Å². The molecular weight excluding hydrogens is 210 g/mol. The van der Waals surface area contributed by atoms with Gasteiger partial charge in [0.1, 0.15) is 0 Å². The standard InChI is InChI=1S/C14H29N3/c1-3-16(4-2)10-11-17(14-7-8-14)12-13-6-5-9-15-13/h13-15H,3-12H2,1-2H3. The van der Waals surface area contributed by atoms with E-state index in [1.807, 2.05) is 0 Å². The zero-order valence-corrected chi connectivity index (χ0v) is 11.6. The Morgan fingerprint density at radius 2 is 1.82 bits per heavy atom. The van der Waals surface area contributed by atoms with Gasteiger partial charge in [0.2, 0.25) is 0 Å². The minimum absolute atomic E-state index is 0.771. The fourth-order valence-corrected chi connectivity index (χ4v) is 2.87. The average Bonchev–Trinajstić information content (AvgIpc) is 3.07. The van der Waals surface area contributed by atoms with E-state index in [9.17, 15) is 0 Å². The second-order valence-corrected chi connectivity index (χ2v) is 5.55.